The van der Waals surface area contributed by atoms with Gasteiger partial charge < -0.3 is 10.6 Å². The maximum absolute atomic E-state index is 12.9. The highest BCUT2D eigenvalue weighted by Crippen LogP contribution is 2.31. The molecule has 2 aromatic carbocycles. The minimum absolute atomic E-state index is 0.231. The van der Waals surface area contributed by atoms with Gasteiger partial charge in [-0.3, -0.25) is 0 Å². The zero-order valence-electron chi connectivity index (χ0n) is 10.2. The second kappa shape index (κ2) is 5.55. The highest BCUT2D eigenvalue weighted by molar-refractivity contribution is 7.80. The Kier molecular flexibility index (Phi) is 4.02. The molecule has 0 saturated carbocycles. The Bertz CT molecular complexity index is 613. The zero-order valence-corrected chi connectivity index (χ0v) is 11.8. The summed E-state index contributed by atoms with van der Waals surface area (Å²) in [5.74, 6) is -0.280. The Morgan fingerprint density at radius 2 is 1.84 bits per heavy atom. The third-order valence-corrected chi connectivity index (χ3v) is 3.33. The van der Waals surface area contributed by atoms with Gasteiger partial charge in [0, 0.05) is 12.7 Å². The van der Waals surface area contributed by atoms with Gasteiger partial charge in [0.2, 0.25) is 0 Å². The SMILES string of the molecule is CN(c1ccc(F)cc1)c1cccc(Cl)c1C(N)=S. The molecule has 0 aliphatic heterocycles. The van der Waals surface area contributed by atoms with Crippen molar-refractivity contribution in [2.45, 2.75) is 0 Å². The standard InChI is InChI=1S/C14H12ClFN2S/c1-18(10-7-5-9(16)6-8-10)12-4-2-3-11(15)13(12)14(17)19/h2-8H,1H3,(H2,17,19). The molecular formula is C14H12ClFN2S. The van der Waals surface area contributed by atoms with Crippen LogP contribution in [0, 0.1) is 5.82 Å². The summed E-state index contributed by atoms with van der Waals surface area (Å²) in [6.07, 6.45) is 0. The fourth-order valence-corrected chi connectivity index (χ4v) is 2.38. The molecule has 2 N–H and O–H groups in total. The number of benzene rings is 2. The number of halogens is 2. The van der Waals surface area contributed by atoms with Crippen LogP contribution < -0.4 is 10.6 Å². The van der Waals surface area contributed by atoms with Gasteiger partial charge in [0.05, 0.1) is 16.3 Å². The van der Waals surface area contributed by atoms with Crippen LogP contribution in [-0.4, -0.2) is 12.0 Å². The first-order valence-corrected chi connectivity index (χ1v) is 6.37. The van der Waals surface area contributed by atoms with E-state index in [1.165, 1.54) is 12.1 Å². The first-order valence-electron chi connectivity index (χ1n) is 5.58. The van der Waals surface area contributed by atoms with Gasteiger partial charge in [-0.1, -0.05) is 29.9 Å². The Labute approximate surface area is 121 Å². The van der Waals surface area contributed by atoms with Crippen molar-refractivity contribution in [3.63, 3.8) is 0 Å². The zero-order chi connectivity index (χ0) is 14.0. The lowest BCUT2D eigenvalue weighted by Gasteiger charge is -2.23. The maximum Gasteiger partial charge on any atom is 0.123 e. The molecule has 0 amide bonds. The third-order valence-electron chi connectivity index (χ3n) is 2.81. The number of nitrogens with zero attached hydrogens (tertiary/aromatic N) is 1. The van der Waals surface area contributed by atoms with Crippen LogP contribution in [0.15, 0.2) is 42.5 Å². The Hall–Kier alpha value is -1.65. The number of hydrogen-bond acceptors (Lipinski definition) is 2. The summed E-state index contributed by atoms with van der Waals surface area (Å²) >= 11 is 11.2. The van der Waals surface area contributed by atoms with Gasteiger partial charge >= 0.3 is 0 Å². The van der Waals surface area contributed by atoms with Crippen LogP contribution in [0.5, 0.6) is 0 Å². The summed E-state index contributed by atoms with van der Waals surface area (Å²) in [4.78, 5) is 2.09. The highest BCUT2D eigenvalue weighted by Gasteiger charge is 2.14. The minimum Gasteiger partial charge on any atom is -0.389 e. The number of nitrogens with two attached hydrogens (primary N) is 1. The third kappa shape index (κ3) is 2.85. The van der Waals surface area contributed by atoms with Gasteiger partial charge in [0.25, 0.3) is 0 Å². The second-order valence-corrected chi connectivity index (χ2v) is 4.88. The molecule has 0 atom stereocenters. The summed E-state index contributed by atoms with van der Waals surface area (Å²) in [6.45, 7) is 0. The van der Waals surface area contributed by atoms with Gasteiger partial charge in [0.1, 0.15) is 10.8 Å². The van der Waals surface area contributed by atoms with Crippen molar-refractivity contribution in [3.05, 3.63) is 58.9 Å². The van der Waals surface area contributed by atoms with E-state index < -0.39 is 0 Å². The summed E-state index contributed by atoms with van der Waals surface area (Å²) in [7, 11) is 1.85. The first-order chi connectivity index (χ1) is 9.00. The van der Waals surface area contributed by atoms with Crippen molar-refractivity contribution in [2.24, 2.45) is 5.73 Å². The number of thiocarbonyl (C=S) groups is 1. The predicted octanol–water partition coefficient (Wildman–Crippen LogP) is 3.88. The smallest absolute Gasteiger partial charge is 0.123 e. The average molecular weight is 295 g/mol. The molecule has 98 valence electrons. The lowest BCUT2D eigenvalue weighted by molar-refractivity contribution is 0.628. The molecule has 0 spiro atoms. The van der Waals surface area contributed by atoms with Crippen molar-refractivity contribution >= 4 is 40.2 Å². The van der Waals surface area contributed by atoms with Crippen molar-refractivity contribution in [1.82, 2.24) is 0 Å². The van der Waals surface area contributed by atoms with Crippen LogP contribution in [-0.2, 0) is 0 Å². The molecule has 0 aliphatic carbocycles. The van der Waals surface area contributed by atoms with E-state index in [0.29, 0.717) is 10.6 Å². The number of hydrogen-bond donors (Lipinski definition) is 1. The predicted molar refractivity (Wildman–Crippen MR) is 81.8 cm³/mol. The minimum atomic E-state index is -0.280. The van der Waals surface area contributed by atoms with E-state index >= 15 is 0 Å². The van der Waals surface area contributed by atoms with Crippen LogP contribution in [0.1, 0.15) is 5.56 Å². The molecule has 0 radical (unpaired) electrons. The molecule has 2 nitrogen and oxygen atoms in total. The van der Waals surface area contributed by atoms with Crippen LogP contribution in [0.3, 0.4) is 0 Å². The normalized spacial score (nSPS) is 10.3. The van der Waals surface area contributed by atoms with Crippen molar-refractivity contribution < 1.29 is 4.39 Å². The average Bonchev–Trinajstić information content (AvgIpc) is 2.38. The monoisotopic (exact) mass is 294 g/mol. The van der Waals surface area contributed by atoms with Gasteiger partial charge in [-0.2, -0.15) is 0 Å². The molecule has 5 heteroatoms. The quantitative estimate of drug-likeness (QED) is 0.871. The van der Waals surface area contributed by atoms with Gasteiger partial charge in [0.15, 0.2) is 0 Å². The number of anilines is 2. The summed E-state index contributed by atoms with van der Waals surface area (Å²) in [6, 6.07) is 11.6. The van der Waals surface area contributed by atoms with Crippen LogP contribution in [0.25, 0.3) is 0 Å². The lowest BCUT2D eigenvalue weighted by atomic mass is 10.1. The van der Waals surface area contributed by atoms with E-state index in [2.05, 4.69) is 0 Å². The topological polar surface area (TPSA) is 29.3 Å². The van der Waals surface area contributed by atoms with Crippen molar-refractivity contribution in [2.75, 3.05) is 11.9 Å². The van der Waals surface area contributed by atoms with Gasteiger partial charge in [-0.15, -0.1) is 0 Å². The van der Waals surface area contributed by atoms with Gasteiger partial charge in [-0.25, -0.2) is 4.39 Å². The van der Waals surface area contributed by atoms with E-state index in [-0.39, 0.29) is 10.8 Å². The fraction of sp³-hybridized carbons (Fsp3) is 0.0714. The van der Waals surface area contributed by atoms with Crippen LogP contribution in [0.4, 0.5) is 15.8 Å². The van der Waals surface area contributed by atoms with Crippen molar-refractivity contribution in [3.8, 4) is 0 Å². The Morgan fingerprint density at radius 3 is 2.42 bits per heavy atom. The molecule has 19 heavy (non-hydrogen) atoms. The molecule has 0 aromatic heterocycles. The molecular weight excluding hydrogens is 283 g/mol. The molecule has 0 bridgehead atoms. The first kappa shape index (κ1) is 13.8. The second-order valence-electron chi connectivity index (χ2n) is 4.03. The molecule has 0 heterocycles. The molecule has 2 rings (SSSR count). The van der Waals surface area contributed by atoms with E-state index in [1.807, 2.05) is 24.1 Å². The van der Waals surface area contributed by atoms with E-state index in [0.717, 1.165) is 11.4 Å². The van der Waals surface area contributed by atoms with Crippen molar-refractivity contribution in [1.29, 1.82) is 0 Å². The molecule has 2 aromatic rings. The molecule has 0 aliphatic rings. The van der Waals surface area contributed by atoms with E-state index in [1.54, 1.807) is 18.2 Å². The lowest BCUT2D eigenvalue weighted by Crippen LogP contribution is -2.18. The fourth-order valence-electron chi connectivity index (χ4n) is 1.84. The van der Waals surface area contributed by atoms with E-state index in [9.17, 15) is 4.39 Å². The summed E-state index contributed by atoms with van der Waals surface area (Å²) < 4.78 is 12.9. The Balaban J connectivity index is 2.49. The van der Waals surface area contributed by atoms with Gasteiger partial charge in [-0.05, 0) is 36.4 Å². The van der Waals surface area contributed by atoms with Crippen LogP contribution in [0.2, 0.25) is 5.02 Å². The maximum atomic E-state index is 12.9. The van der Waals surface area contributed by atoms with Crippen LogP contribution >= 0.6 is 23.8 Å². The highest BCUT2D eigenvalue weighted by atomic mass is 35.5. The Morgan fingerprint density at radius 1 is 1.21 bits per heavy atom. The summed E-state index contributed by atoms with van der Waals surface area (Å²) in [5, 5.41) is 0.499. The molecule has 0 saturated heterocycles. The van der Waals surface area contributed by atoms with E-state index in [4.69, 9.17) is 29.6 Å². The number of rotatable bonds is 3. The summed E-state index contributed by atoms with van der Waals surface area (Å²) in [5.41, 5.74) is 7.94. The largest absolute Gasteiger partial charge is 0.389 e. The molecule has 0 fully saturated rings. The molecule has 0 unspecified atom stereocenters.